The molecule has 0 unspecified atom stereocenters. The first-order valence-corrected chi connectivity index (χ1v) is 7.24. The second kappa shape index (κ2) is 10.2. The minimum atomic E-state index is 0.352. The Bertz CT molecular complexity index is 376. The summed E-state index contributed by atoms with van der Waals surface area (Å²) in [5, 5.41) is 6.23. The van der Waals surface area contributed by atoms with Gasteiger partial charge in [0.15, 0.2) is 0 Å². The van der Waals surface area contributed by atoms with Crippen LogP contribution in [0.2, 0.25) is 0 Å². The van der Waals surface area contributed by atoms with Crippen LogP contribution in [0.4, 0.5) is 11.9 Å². The topological polar surface area (TPSA) is 81.2 Å². The van der Waals surface area contributed by atoms with Crippen molar-refractivity contribution in [2.75, 3.05) is 43.5 Å². The fourth-order valence-corrected chi connectivity index (χ4v) is 1.45. The summed E-state index contributed by atoms with van der Waals surface area (Å²) in [5.41, 5.74) is 0. The van der Waals surface area contributed by atoms with Gasteiger partial charge in [0.2, 0.25) is 11.9 Å². The van der Waals surface area contributed by atoms with E-state index in [4.69, 9.17) is 9.47 Å². The highest BCUT2D eigenvalue weighted by Gasteiger charge is 2.06. The van der Waals surface area contributed by atoms with E-state index in [0.29, 0.717) is 24.5 Å². The van der Waals surface area contributed by atoms with E-state index in [2.05, 4.69) is 25.6 Å². The monoisotopic (exact) mass is 283 g/mol. The average Bonchev–Trinajstić information content (AvgIpc) is 2.45. The molecular weight excluding hydrogens is 258 g/mol. The number of rotatable bonds is 11. The van der Waals surface area contributed by atoms with E-state index >= 15 is 0 Å². The van der Waals surface area contributed by atoms with Gasteiger partial charge in [-0.25, -0.2) is 0 Å². The number of anilines is 2. The first kappa shape index (κ1) is 16.4. The number of hydrogen-bond donors (Lipinski definition) is 2. The zero-order chi connectivity index (χ0) is 14.6. The van der Waals surface area contributed by atoms with Crippen LogP contribution in [-0.2, 0) is 4.74 Å². The number of aromatic nitrogens is 3. The van der Waals surface area contributed by atoms with Crippen LogP contribution in [0.3, 0.4) is 0 Å². The number of ether oxygens (including phenoxy) is 2. The van der Waals surface area contributed by atoms with E-state index in [-0.39, 0.29) is 0 Å². The van der Waals surface area contributed by atoms with Crippen molar-refractivity contribution < 1.29 is 9.47 Å². The van der Waals surface area contributed by atoms with E-state index < -0.39 is 0 Å². The van der Waals surface area contributed by atoms with Crippen molar-refractivity contribution in [1.29, 1.82) is 0 Å². The third-order valence-corrected chi connectivity index (χ3v) is 2.34. The molecule has 0 bridgehead atoms. The van der Waals surface area contributed by atoms with Crippen LogP contribution in [0.5, 0.6) is 6.01 Å². The molecule has 2 N–H and O–H groups in total. The van der Waals surface area contributed by atoms with Gasteiger partial charge in [0.05, 0.1) is 6.61 Å². The summed E-state index contributed by atoms with van der Waals surface area (Å²) in [5.74, 6) is 1.06. The molecule has 0 amide bonds. The predicted octanol–water partition coefficient (Wildman–Crippen LogP) is 1.93. The molecule has 1 rings (SSSR count). The van der Waals surface area contributed by atoms with Crippen LogP contribution in [0.25, 0.3) is 0 Å². The molecule has 0 fully saturated rings. The molecule has 0 aromatic carbocycles. The van der Waals surface area contributed by atoms with Gasteiger partial charge in [-0.1, -0.05) is 6.92 Å². The smallest absolute Gasteiger partial charge is 0.323 e. The van der Waals surface area contributed by atoms with Crippen molar-refractivity contribution in [2.24, 2.45) is 0 Å². The van der Waals surface area contributed by atoms with Gasteiger partial charge < -0.3 is 20.1 Å². The maximum Gasteiger partial charge on any atom is 0.323 e. The second-order valence-electron chi connectivity index (χ2n) is 4.12. The highest BCUT2D eigenvalue weighted by atomic mass is 16.5. The summed E-state index contributed by atoms with van der Waals surface area (Å²) >= 11 is 0. The summed E-state index contributed by atoms with van der Waals surface area (Å²) in [6, 6.07) is 0.352. The number of hydrogen-bond acceptors (Lipinski definition) is 7. The molecule has 0 radical (unpaired) electrons. The molecule has 0 aliphatic rings. The number of nitrogens with one attached hydrogen (secondary N) is 2. The van der Waals surface area contributed by atoms with Crippen LogP contribution in [-0.4, -0.2) is 47.9 Å². The molecule has 0 spiro atoms. The van der Waals surface area contributed by atoms with E-state index in [1.54, 1.807) is 0 Å². The first-order chi connectivity index (χ1) is 9.80. The third-order valence-electron chi connectivity index (χ3n) is 2.34. The molecule has 7 nitrogen and oxygen atoms in total. The molecular formula is C13H25N5O2. The maximum absolute atomic E-state index is 5.46. The molecule has 114 valence electrons. The molecule has 1 aromatic rings. The largest absolute Gasteiger partial charge is 0.463 e. The van der Waals surface area contributed by atoms with Gasteiger partial charge in [0.25, 0.3) is 0 Å². The predicted molar refractivity (Wildman–Crippen MR) is 79.4 cm³/mol. The van der Waals surface area contributed by atoms with Crippen molar-refractivity contribution in [3.05, 3.63) is 0 Å². The Morgan fingerprint density at radius 3 is 2.35 bits per heavy atom. The van der Waals surface area contributed by atoms with Crippen molar-refractivity contribution in [2.45, 2.75) is 33.6 Å². The highest BCUT2D eigenvalue weighted by Crippen LogP contribution is 2.11. The maximum atomic E-state index is 5.46. The Kier molecular flexibility index (Phi) is 8.37. The lowest BCUT2D eigenvalue weighted by atomic mass is 10.4. The zero-order valence-electron chi connectivity index (χ0n) is 12.6. The van der Waals surface area contributed by atoms with Crippen LogP contribution in [0.1, 0.15) is 33.6 Å². The van der Waals surface area contributed by atoms with Gasteiger partial charge in [0, 0.05) is 26.3 Å². The summed E-state index contributed by atoms with van der Waals surface area (Å²) in [6.07, 6.45) is 1.82. The fourth-order valence-electron chi connectivity index (χ4n) is 1.45. The van der Waals surface area contributed by atoms with Crippen LogP contribution < -0.4 is 15.4 Å². The minimum absolute atomic E-state index is 0.352. The van der Waals surface area contributed by atoms with Crippen LogP contribution in [0.15, 0.2) is 0 Å². The molecule has 0 aliphatic carbocycles. The highest BCUT2D eigenvalue weighted by molar-refractivity contribution is 5.35. The molecule has 0 aliphatic heterocycles. The van der Waals surface area contributed by atoms with Crippen LogP contribution >= 0.6 is 0 Å². The summed E-state index contributed by atoms with van der Waals surface area (Å²) in [6.45, 7) is 9.59. The normalized spacial score (nSPS) is 10.3. The van der Waals surface area contributed by atoms with Gasteiger partial charge in [-0.2, -0.15) is 15.0 Å². The quantitative estimate of drug-likeness (QED) is 0.600. The lowest BCUT2D eigenvalue weighted by Crippen LogP contribution is -2.12. The van der Waals surface area contributed by atoms with Gasteiger partial charge in [-0.05, 0) is 26.7 Å². The first-order valence-electron chi connectivity index (χ1n) is 7.24. The summed E-state index contributed by atoms with van der Waals surface area (Å²) in [4.78, 5) is 12.7. The van der Waals surface area contributed by atoms with E-state index in [1.165, 1.54) is 0 Å². The Morgan fingerprint density at radius 1 is 0.950 bits per heavy atom. The Labute approximate surface area is 120 Å². The van der Waals surface area contributed by atoms with E-state index in [1.807, 2.05) is 20.8 Å². The van der Waals surface area contributed by atoms with Crippen molar-refractivity contribution in [3.63, 3.8) is 0 Å². The average molecular weight is 283 g/mol. The lowest BCUT2D eigenvalue weighted by molar-refractivity contribution is 0.147. The van der Waals surface area contributed by atoms with Crippen LogP contribution in [0, 0.1) is 0 Å². The van der Waals surface area contributed by atoms with Gasteiger partial charge >= 0.3 is 6.01 Å². The van der Waals surface area contributed by atoms with Gasteiger partial charge in [0.1, 0.15) is 0 Å². The minimum Gasteiger partial charge on any atom is -0.463 e. The molecule has 0 saturated carbocycles. The molecule has 0 saturated heterocycles. The molecule has 1 heterocycles. The molecule has 1 aromatic heterocycles. The Hall–Kier alpha value is -1.63. The fraction of sp³-hybridized carbons (Fsp3) is 0.769. The van der Waals surface area contributed by atoms with Crippen molar-refractivity contribution >= 4 is 11.9 Å². The summed E-state index contributed by atoms with van der Waals surface area (Å²) in [7, 11) is 0. The third kappa shape index (κ3) is 6.51. The zero-order valence-corrected chi connectivity index (χ0v) is 12.6. The Balaban J connectivity index is 2.55. The number of nitrogens with zero attached hydrogens (tertiary/aromatic N) is 3. The molecule has 7 heteroatoms. The standard InChI is InChI=1S/C13H25N5O2/c1-4-9-20-13-17-11(14-5-2)16-12(18-13)15-8-7-10-19-6-3/h4-10H2,1-3H3,(H2,14,15,16,17,18). The summed E-state index contributed by atoms with van der Waals surface area (Å²) < 4.78 is 10.7. The molecule has 20 heavy (non-hydrogen) atoms. The second-order valence-corrected chi connectivity index (χ2v) is 4.12. The van der Waals surface area contributed by atoms with Crippen molar-refractivity contribution in [1.82, 2.24) is 15.0 Å². The SMILES string of the molecule is CCCOc1nc(NCC)nc(NCCCOCC)n1. The van der Waals surface area contributed by atoms with Gasteiger partial charge in [-0.3, -0.25) is 0 Å². The lowest BCUT2D eigenvalue weighted by Gasteiger charge is -2.09. The Morgan fingerprint density at radius 2 is 1.70 bits per heavy atom. The molecule has 0 atom stereocenters. The van der Waals surface area contributed by atoms with E-state index in [0.717, 1.165) is 39.1 Å². The van der Waals surface area contributed by atoms with E-state index in [9.17, 15) is 0 Å². The van der Waals surface area contributed by atoms with Gasteiger partial charge in [-0.15, -0.1) is 0 Å². The van der Waals surface area contributed by atoms with Crippen molar-refractivity contribution in [3.8, 4) is 6.01 Å².